The highest BCUT2D eigenvalue weighted by molar-refractivity contribution is 5.99. The van der Waals surface area contributed by atoms with Crippen LogP contribution in [0.2, 0.25) is 0 Å². The Bertz CT molecular complexity index is 491. The van der Waals surface area contributed by atoms with Crippen LogP contribution in [0.3, 0.4) is 0 Å². The van der Waals surface area contributed by atoms with Crippen LogP contribution < -0.4 is 0 Å². The lowest BCUT2D eigenvalue weighted by atomic mass is 9.74. The van der Waals surface area contributed by atoms with Gasteiger partial charge in [0.25, 0.3) is 0 Å². The largest absolute Gasteiger partial charge is 0.294 e. The second-order valence-electron chi connectivity index (χ2n) is 6.97. The summed E-state index contributed by atoms with van der Waals surface area (Å²) in [6.07, 6.45) is 4.60. The fraction of sp³-hybridized carbons (Fsp3) is 0.632. The summed E-state index contributed by atoms with van der Waals surface area (Å²) in [5, 5.41) is 0. The Kier molecular flexibility index (Phi) is 4.67. The van der Waals surface area contributed by atoms with Gasteiger partial charge in [0.15, 0.2) is 5.78 Å². The predicted octanol–water partition coefficient (Wildman–Crippen LogP) is 5.26. The fourth-order valence-electron chi connectivity index (χ4n) is 3.49. The van der Waals surface area contributed by atoms with E-state index in [0.29, 0.717) is 5.78 Å². The Hall–Kier alpha value is -1.11. The molecule has 0 N–H and O–H groups in total. The molecule has 0 amide bonds. The third-order valence-electron chi connectivity index (χ3n) is 5.19. The van der Waals surface area contributed by atoms with Crippen LogP contribution >= 0.6 is 0 Å². The van der Waals surface area contributed by atoms with Gasteiger partial charge in [-0.25, -0.2) is 0 Å². The van der Waals surface area contributed by atoms with E-state index in [1.165, 1.54) is 24.0 Å². The molecule has 1 nitrogen and oxygen atoms in total. The standard InChI is InChI=1S/C19H28O/c1-12(2)16-6-8-17(9-7-16)19(20)18-11-14(4)13(3)10-15(18)5/h10-12,16-17H,6-9H2,1-5H3. The van der Waals surface area contributed by atoms with E-state index < -0.39 is 0 Å². The van der Waals surface area contributed by atoms with Crippen LogP contribution in [0.4, 0.5) is 0 Å². The van der Waals surface area contributed by atoms with E-state index in [0.717, 1.165) is 35.8 Å². The normalized spacial score (nSPS) is 23.1. The Morgan fingerprint density at radius 2 is 1.50 bits per heavy atom. The van der Waals surface area contributed by atoms with Gasteiger partial charge in [-0.1, -0.05) is 19.9 Å². The summed E-state index contributed by atoms with van der Waals surface area (Å²) in [6, 6.07) is 4.25. The zero-order chi connectivity index (χ0) is 14.9. The maximum atomic E-state index is 12.8. The first kappa shape index (κ1) is 15.3. The molecule has 2 rings (SSSR count). The number of hydrogen-bond acceptors (Lipinski definition) is 1. The summed E-state index contributed by atoms with van der Waals surface area (Å²) in [5.74, 6) is 2.22. The number of hydrogen-bond donors (Lipinski definition) is 0. The zero-order valence-electron chi connectivity index (χ0n) is 13.6. The first-order valence-corrected chi connectivity index (χ1v) is 8.02. The number of carbonyl (C=O) groups is 1. The first-order chi connectivity index (χ1) is 9.40. The van der Waals surface area contributed by atoms with Crippen molar-refractivity contribution < 1.29 is 4.79 Å². The molecule has 1 aromatic rings. The van der Waals surface area contributed by atoms with Crippen molar-refractivity contribution in [2.45, 2.75) is 60.3 Å². The Morgan fingerprint density at radius 1 is 0.950 bits per heavy atom. The summed E-state index contributed by atoms with van der Waals surface area (Å²) >= 11 is 0. The number of ketones is 1. The summed E-state index contributed by atoms with van der Waals surface area (Å²) in [4.78, 5) is 12.8. The Labute approximate surface area is 123 Å². The van der Waals surface area contributed by atoms with E-state index in [1.807, 2.05) is 0 Å². The topological polar surface area (TPSA) is 17.1 Å². The minimum atomic E-state index is 0.255. The molecule has 0 bridgehead atoms. The molecule has 1 fully saturated rings. The minimum Gasteiger partial charge on any atom is -0.294 e. The van der Waals surface area contributed by atoms with E-state index >= 15 is 0 Å². The van der Waals surface area contributed by atoms with Crippen molar-refractivity contribution in [3.05, 3.63) is 34.4 Å². The van der Waals surface area contributed by atoms with Gasteiger partial charge in [0, 0.05) is 11.5 Å². The van der Waals surface area contributed by atoms with E-state index in [4.69, 9.17) is 0 Å². The van der Waals surface area contributed by atoms with Crippen LogP contribution in [0.25, 0.3) is 0 Å². The lowest BCUT2D eigenvalue weighted by Crippen LogP contribution is -2.24. The van der Waals surface area contributed by atoms with Gasteiger partial charge in [0.05, 0.1) is 0 Å². The van der Waals surface area contributed by atoms with Crippen molar-refractivity contribution in [1.82, 2.24) is 0 Å². The lowest BCUT2D eigenvalue weighted by Gasteiger charge is -2.30. The lowest BCUT2D eigenvalue weighted by molar-refractivity contribution is 0.0858. The first-order valence-electron chi connectivity index (χ1n) is 8.02. The third-order valence-corrected chi connectivity index (χ3v) is 5.19. The van der Waals surface area contributed by atoms with Crippen LogP contribution in [0.5, 0.6) is 0 Å². The molecule has 0 aliphatic heterocycles. The monoisotopic (exact) mass is 272 g/mol. The highest BCUT2D eigenvalue weighted by atomic mass is 16.1. The highest BCUT2D eigenvalue weighted by Crippen LogP contribution is 2.35. The van der Waals surface area contributed by atoms with Gasteiger partial charge in [-0.2, -0.15) is 0 Å². The molecule has 1 aliphatic carbocycles. The quantitative estimate of drug-likeness (QED) is 0.686. The summed E-state index contributed by atoms with van der Waals surface area (Å²) in [7, 11) is 0. The summed E-state index contributed by atoms with van der Waals surface area (Å²) in [6.45, 7) is 10.9. The molecule has 0 saturated heterocycles. The average molecular weight is 272 g/mol. The van der Waals surface area contributed by atoms with Crippen LogP contribution in [0, 0.1) is 38.5 Å². The van der Waals surface area contributed by atoms with Gasteiger partial charge in [0.2, 0.25) is 0 Å². The summed E-state index contributed by atoms with van der Waals surface area (Å²) < 4.78 is 0. The van der Waals surface area contributed by atoms with Crippen LogP contribution in [-0.4, -0.2) is 5.78 Å². The molecule has 20 heavy (non-hydrogen) atoms. The van der Waals surface area contributed by atoms with Crippen molar-refractivity contribution >= 4 is 5.78 Å². The second-order valence-corrected chi connectivity index (χ2v) is 6.97. The molecule has 1 heteroatoms. The molecule has 1 aromatic carbocycles. The van der Waals surface area contributed by atoms with Gasteiger partial charge in [0.1, 0.15) is 0 Å². The molecule has 0 radical (unpaired) electrons. The molecule has 0 heterocycles. The molecular weight excluding hydrogens is 244 g/mol. The number of Topliss-reactive ketones (excluding diaryl/α,β-unsaturated/α-hetero) is 1. The molecule has 0 spiro atoms. The average Bonchev–Trinajstić information content (AvgIpc) is 2.42. The van der Waals surface area contributed by atoms with E-state index in [2.05, 4.69) is 46.8 Å². The third kappa shape index (κ3) is 3.13. The van der Waals surface area contributed by atoms with Crippen molar-refractivity contribution in [3.63, 3.8) is 0 Å². The number of aryl methyl sites for hydroxylation is 3. The van der Waals surface area contributed by atoms with Gasteiger partial charge in [-0.05, 0) is 81.0 Å². The molecule has 1 aliphatic rings. The van der Waals surface area contributed by atoms with Crippen molar-refractivity contribution in [3.8, 4) is 0 Å². The molecule has 0 unspecified atom stereocenters. The number of rotatable bonds is 3. The fourth-order valence-corrected chi connectivity index (χ4v) is 3.49. The van der Waals surface area contributed by atoms with Gasteiger partial charge in [-0.15, -0.1) is 0 Å². The SMILES string of the molecule is Cc1cc(C)c(C(=O)C2CCC(C(C)C)CC2)cc1C. The van der Waals surface area contributed by atoms with E-state index in [1.54, 1.807) is 0 Å². The van der Waals surface area contributed by atoms with Crippen LogP contribution in [0.1, 0.15) is 66.6 Å². The molecule has 0 atom stereocenters. The molecule has 1 saturated carbocycles. The van der Waals surface area contributed by atoms with Gasteiger partial charge < -0.3 is 0 Å². The molecular formula is C19H28O. The van der Waals surface area contributed by atoms with Crippen LogP contribution in [0.15, 0.2) is 12.1 Å². The second kappa shape index (κ2) is 6.11. The highest BCUT2D eigenvalue weighted by Gasteiger charge is 2.28. The van der Waals surface area contributed by atoms with Crippen molar-refractivity contribution in [2.24, 2.45) is 17.8 Å². The molecule has 0 aromatic heterocycles. The maximum Gasteiger partial charge on any atom is 0.166 e. The Morgan fingerprint density at radius 3 is 2.05 bits per heavy atom. The van der Waals surface area contributed by atoms with Crippen molar-refractivity contribution in [2.75, 3.05) is 0 Å². The zero-order valence-corrected chi connectivity index (χ0v) is 13.6. The maximum absolute atomic E-state index is 12.8. The van der Waals surface area contributed by atoms with Gasteiger partial charge in [-0.3, -0.25) is 4.79 Å². The molecule has 110 valence electrons. The van der Waals surface area contributed by atoms with Crippen molar-refractivity contribution in [1.29, 1.82) is 0 Å². The predicted molar refractivity (Wildman–Crippen MR) is 85.3 cm³/mol. The van der Waals surface area contributed by atoms with E-state index in [-0.39, 0.29) is 5.92 Å². The van der Waals surface area contributed by atoms with Gasteiger partial charge >= 0.3 is 0 Å². The Balaban J connectivity index is 2.11. The van der Waals surface area contributed by atoms with E-state index in [9.17, 15) is 4.79 Å². The van der Waals surface area contributed by atoms with Crippen LogP contribution in [-0.2, 0) is 0 Å². The number of carbonyl (C=O) groups excluding carboxylic acids is 1. The number of benzene rings is 1. The summed E-state index contributed by atoms with van der Waals surface area (Å²) in [5.41, 5.74) is 4.61. The minimum absolute atomic E-state index is 0.255. The smallest absolute Gasteiger partial charge is 0.166 e.